The number of hydrogen-bond donors (Lipinski definition) is 0. The van der Waals surface area contributed by atoms with Crippen LogP contribution in [0.15, 0.2) is 72.8 Å². The molecule has 4 aromatic carbocycles. The summed E-state index contributed by atoms with van der Waals surface area (Å²) in [4.78, 5) is 50.0. The predicted molar refractivity (Wildman–Crippen MR) is 143 cm³/mol. The molecule has 0 N–H and O–H groups in total. The van der Waals surface area contributed by atoms with E-state index in [-0.39, 0.29) is 23.1 Å². The topological polar surface area (TPSA) is 68.3 Å². The van der Waals surface area contributed by atoms with E-state index >= 15 is 0 Å². The van der Waals surface area contributed by atoms with Crippen molar-refractivity contribution in [3.63, 3.8) is 0 Å². The maximum Gasteiger partial charge on any atom is 0.159 e. The summed E-state index contributed by atoms with van der Waals surface area (Å²) in [5.74, 6) is -0.197. The lowest BCUT2D eigenvalue weighted by Gasteiger charge is -2.31. The number of carbonyl (C=O) groups is 4. The Balaban J connectivity index is 1.85. The fraction of sp³-hybridized carbons (Fsp3) is 0.152. The van der Waals surface area contributed by atoms with Crippen molar-refractivity contribution >= 4 is 23.1 Å². The minimum Gasteiger partial charge on any atom is -0.295 e. The normalized spacial score (nSPS) is 13.5. The van der Waals surface area contributed by atoms with E-state index in [2.05, 4.69) is 0 Å². The Bertz CT molecular complexity index is 1480. The molecule has 0 aromatic heterocycles. The van der Waals surface area contributed by atoms with E-state index in [0.717, 1.165) is 44.5 Å². The fourth-order valence-electron chi connectivity index (χ4n) is 6.10. The van der Waals surface area contributed by atoms with Gasteiger partial charge in [0.2, 0.25) is 0 Å². The molecule has 0 heterocycles. The molecule has 37 heavy (non-hydrogen) atoms. The molecule has 4 heteroatoms. The van der Waals surface area contributed by atoms with Crippen LogP contribution in [0.1, 0.15) is 91.4 Å². The molecule has 2 aliphatic carbocycles. The van der Waals surface area contributed by atoms with E-state index in [4.69, 9.17) is 0 Å². The molecule has 0 saturated heterocycles. The van der Waals surface area contributed by atoms with Gasteiger partial charge >= 0.3 is 0 Å². The molecule has 0 unspecified atom stereocenters. The molecule has 0 fully saturated rings. The number of fused-ring (bicyclic) bond motifs is 10. The van der Waals surface area contributed by atoms with Crippen molar-refractivity contribution in [3.05, 3.63) is 117 Å². The molecule has 0 amide bonds. The zero-order valence-electron chi connectivity index (χ0n) is 21.1. The predicted octanol–water partition coefficient (Wildman–Crippen LogP) is 6.84. The summed E-state index contributed by atoms with van der Waals surface area (Å²) in [6.45, 7) is 6.18. The Hall–Kier alpha value is -4.44. The van der Waals surface area contributed by atoms with Crippen LogP contribution in [-0.4, -0.2) is 23.1 Å². The van der Waals surface area contributed by atoms with Crippen LogP contribution in [0.3, 0.4) is 0 Å². The van der Waals surface area contributed by atoms with Crippen LogP contribution in [0.5, 0.6) is 0 Å². The van der Waals surface area contributed by atoms with Gasteiger partial charge in [-0.25, -0.2) is 0 Å². The second kappa shape index (κ2) is 7.78. The highest BCUT2D eigenvalue weighted by Crippen LogP contribution is 2.63. The molecule has 4 nitrogen and oxygen atoms in total. The average Bonchev–Trinajstić information content (AvgIpc) is 3.33. The lowest BCUT2D eigenvalue weighted by Crippen LogP contribution is -2.27. The monoisotopic (exact) mass is 484 g/mol. The van der Waals surface area contributed by atoms with Gasteiger partial charge in [-0.2, -0.15) is 0 Å². The first-order valence-electron chi connectivity index (χ1n) is 12.3. The molecular weight excluding hydrogens is 460 g/mol. The number of benzene rings is 4. The molecule has 6 rings (SSSR count). The molecule has 2 aliphatic rings. The second-order valence-electron chi connectivity index (χ2n) is 10.0. The number of carbonyl (C=O) groups excluding carboxylic acids is 4. The highest BCUT2D eigenvalue weighted by Gasteiger charge is 2.52. The van der Waals surface area contributed by atoms with Crippen molar-refractivity contribution < 1.29 is 19.2 Å². The van der Waals surface area contributed by atoms with Crippen LogP contribution < -0.4 is 0 Å². The first-order chi connectivity index (χ1) is 17.6. The van der Waals surface area contributed by atoms with Gasteiger partial charge in [0.15, 0.2) is 23.1 Å². The van der Waals surface area contributed by atoms with E-state index in [0.29, 0.717) is 22.3 Å². The van der Waals surface area contributed by atoms with Gasteiger partial charge in [0, 0.05) is 22.3 Å². The summed E-state index contributed by atoms with van der Waals surface area (Å²) in [5, 5.41) is 0. The molecule has 0 saturated carbocycles. The van der Waals surface area contributed by atoms with Gasteiger partial charge in [-0.1, -0.05) is 48.5 Å². The Labute approximate surface area is 215 Å². The Kier molecular flexibility index (Phi) is 4.83. The lowest BCUT2D eigenvalue weighted by molar-refractivity contribution is 0.100. The van der Waals surface area contributed by atoms with E-state index in [1.54, 1.807) is 27.7 Å². The smallest absolute Gasteiger partial charge is 0.159 e. The standard InChI is InChI=1S/C33H24O4/c1-17(34)21-5-9-25-26-10-6-22(18(2)35)14-30(26)33(29(25)13-21)31-15-23(19(3)36)7-11-27(31)28-12-8-24(20(4)37)16-32(28)33/h5-16H,1-4H3. The Morgan fingerprint density at radius 1 is 0.405 bits per heavy atom. The third kappa shape index (κ3) is 3.02. The van der Waals surface area contributed by atoms with E-state index in [1.165, 1.54) is 0 Å². The summed E-state index contributed by atoms with van der Waals surface area (Å²) in [6.07, 6.45) is 0. The summed E-state index contributed by atoms with van der Waals surface area (Å²) in [6, 6.07) is 22.9. The molecule has 1 spiro atoms. The maximum absolute atomic E-state index is 12.5. The van der Waals surface area contributed by atoms with Gasteiger partial charge in [-0.3, -0.25) is 19.2 Å². The lowest BCUT2D eigenvalue weighted by atomic mass is 9.69. The zero-order valence-corrected chi connectivity index (χ0v) is 21.1. The Morgan fingerprint density at radius 2 is 0.622 bits per heavy atom. The van der Waals surface area contributed by atoms with Crippen LogP contribution >= 0.6 is 0 Å². The summed E-state index contributed by atoms with van der Waals surface area (Å²) >= 11 is 0. The van der Waals surface area contributed by atoms with Gasteiger partial charge in [0.1, 0.15) is 0 Å². The minimum absolute atomic E-state index is 0.0493. The summed E-state index contributed by atoms with van der Waals surface area (Å²) in [7, 11) is 0. The van der Waals surface area contributed by atoms with Crippen LogP contribution in [0.25, 0.3) is 22.3 Å². The number of hydrogen-bond acceptors (Lipinski definition) is 4. The number of Topliss-reactive ketones (excluding diaryl/α,β-unsaturated/α-hetero) is 4. The zero-order chi connectivity index (χ0) is 26.2. The quantitative estimate of drug-likeness (QED) is 0.257. The molecule has 0 atom stereocenters. The van der Waals surface area contributed by atoms with Gasteiger partial charge < -0.3 is 0 Å². The first kappa shape index (κ1) is 23.0. The first-order valence-corrected chi connectivity index (χ1v) is 12.3. The summed E-state index contributed by atoms with van der Waals surface area (Å²) in [5.41, 5.74) is 8.97. The SMILES string of the molecule is CC(=O)c1ccc2c(c1)C1(c3cc(C(C)=O)ccc3-2)c2cc(C(C)=O)ccc2-c2ccc(C(C)=O)cc21. The van der Waals surface area contributed by atoms with E-state index < -0.39 is 5.41 Å². The summed E-state index contributed by atoms with van der Waals surface area (Å²) < 4.78 is 0. The largest absolute Gasteiger partial charge is 0.295 e. The van der Waals surface area contributed by atoms with Crippen LogP contribution in [-0.2, 0) is 5.41 Å². The number of rotatable bonds is 4. The molecule has 0 bridgehead atoms. The molecule has 0 radical (unpaired) electrons. The fourth-order valence-corrected chi connectivity index (χ4v) is 6.10. The number of ketones is 4. The molecular formula is C33H24O4. The average molecular weight is 485 g/mol. The van der Waals surface area contributed by atoms with Gasteiger partial charge in [-0.05, 0) is 96.5 Å². The van der Waals surface area contributed by atoms with Crippen molar-refractivity contribution in [2.75, 3.05) is 0 Å². The van der Waals surface area contributed by atoms with Crippen molar-refractivity contribution in [1.82, 2.24) is 0 Å². The van der Waals surface area contributed by atoms with E-state index in [9.17, 15) is 19.2 Å². The van der Waals surface area contributed by atoms with E-state index in [1.807, 2.05) is 72.8 Å². The van der Waals surface area contributed by atoms with Gasteiger partial charge in [0.25, 0.3) is 0 Å². The van der Waals surface area contributed by atoms with Crippen molar-refractivity contribution in [3.8, 4) is 22.3 Å². The Morgan fingerprint density at radius 3 is 0.811 bits per heavy atom. The van der Waals surface area contributed by atoms with Crippen LogP contribution in [0, 0.1) is 0 Å². The molecule has 0 aliphatic heterocycles. The van der Waals surface area contributed by atoms with Crippen LogP contribution in [0.4, 0.5) is 0 Å². The van der Waals surface area contributed by atoms with Crippen molar-refractivity contribution in [2.45, 2.75) is 33.1 Å². The van der Waals surface area contributed by atoms with Gasteiger partial charge in [0.05, 0.1) is 5.41 Å². The van der Waals surface area contributed by atoms with Crippen molar-refractivity contribution in [1.29, 1.82) is 0 Å². The second-order valence-corrected chi connectivity index (χ2v) is 10.0. The third-order valence-electron chi connectivity index (χ3n) is 7.90. The minimum atomic E-state index is -0.886. The molecule has 4 aromatic rings. The van der Waals surface area contributed by atoms with Crippen LogP contribution in [0.2, 0.25) is 0 Å². The highest BCUT2D eigenvalue weighted by molar-refractivity contribution is 6.04. The highest BCUT2D eigenvalue weighted by atomic mass is 16.1. The third-order valence-corrected chi connectivity index (χ3v) is 7.90. The van der Waals surface area contributed by atoms with Crippen molar-refractivity contribution in [2.24, 2.45) is 0 Å². The molecule has 180 valence electrons. The maximum atomic E-state index is 12.5. The van der Waals surface area contributed by atoms with Gasteiger partial charge in [-0.15, -0.1) is 0 Å².